The smallest absolute Gasteiger partial charge is 0.0640 e. The SMILES string of the molecule is CC1CCCN(CCC(N)c2cccc(Cl)c2Cl)CC1. The highest BCUT2D eigenvalue weighted by Crippen LogP contribution is 2.30. The zero-order valence-corrected chi connectivity index (χ0v) is 13.6. The molecule has 1 fully saturated rings. The van der Waals surface area contributed by atoms with Crippen molar-refractivity contribution in [3.05, 3.63) is 33.8 Å². The topological polar surface area (TPSA) is 29.3 Å². The molecule has 0 spiro atoms. The van der Waals surface area contributed by atoms with Crippen LogP contribution in [-0.4, -0.2) is 24.5 Å². The molecule has 0 bridgehead atoms. The van der Waals surface area contributed by atoms with Crippen LogP contribution in [0.3, 0.4) is 0 Å². The first-order valence-corrected chi connectivity index (χ1v) is 8.25. The van der Waals surface area contributed by atoms with Crippen molar-refractivity contribution in [1.29, 1.82) is 0 Å². The molecule has 1 aromatic carbocycles. The van der Waals surface area contributed by atoms with E-state index < -0.39 is 0 Å². The molecule has 0 aromatic heterocycles. The van der Waals surface area contributed by atoms with E-state index >= 15 is 0 Å². The highest BCUT2D eigenvalue weighted by Gasteiger charge is 2.16. The molecule has 0 amide bonds. The fourth-order valence-electron chi connectivity index (χ4n) is 2.83. The molecule has 2 N–H and O–H groups in total. The summed E-state index contributed by atoms with van der Waals surface area (Å²) in [5.74, 6) is 0.857. The molecule has 0 radical (unpaired) electrons. The lowest BCUT2D eigenvalue weighted by Crippen LogP contribution is -2.28. The van der Waals surface area contributed by atoms with E-state index in [-0.39, 0.29) is 6.04 Å². The highest BCUT2D eigenvalue weighted by atomic mass is 35.5. The van der Waals surface area contributed by atoms with Gasteiger partial charge in [0.25, 0.3) is 0 Å². The summed E-state index contributed by atoms with van der Waals surface area (Å²) in [4.78, 5) is 2.53. The molecule has 2 atom stereocenters. The third-order valence-corrected chi connectivity index (χ3v) is 5.08. The summed E-state index contributed by atoms with van der Waals surface area (Å²) in [5, 5.41) is 1.19. The average molecular weight is 315 g/mol. The summed E-state index contributed by atoms with van der Waals surface area (Å²) < 4.78 is 0. The number of likely N-dealkylation sites (tertiary alicyclic amines) is 1. The Labute approximate surface area is 132 Å². The lowest BCUT2D eigenvalue weighted by Gasteiger charge is -2.22. The zero-order chi connectivity index (χ0) is 14.5. The Morgan fingerprint density at radius 1 is 1.30 bits per heavy atom. The molecule has 112 valence electrons. The number of hydrogen-bond donors (Lipinski definition) is 1. The minimum Gasteiger partial charge on any atom is -0.324 e. The molecule has 2 unspecified atom stereocenters. The van der Waals surface area contributed by atoms with Crippen molar-refractivity contribution < 1.29 is 0 Å². The summed E-state index contributed by atoms with van der Waals surface area (Å²) in [6, 6.07) is 5.65. The first-order valence-electron chi connectivity index (χ1n) is 7.49. The number of nitrogens with two attached hydrogens (primary N) is 1. The van der Waals surface area contributed by atoms with Gasteiger partial charge in [-0.3, -0.25) is 0 Å². The Hall–Kier alpha value is -0.280. The fourth-order valence-corrected chi connectivity index (χ4v) is 3.28. The van der Waals surface area contributed by atoms with Crippen molar-refractivity contribution in [1.82, 2.24) is 4.90 Å². The Balaban J connectivity index is 1.88. The second-order valence-electron chi connectivity index (χ2n) is 5.92. The summed E-state index contributed by atoms with van der Waals surface area (Å²) in [7, 11) is 0. The normalized spacial score (nSPS) is 22.5. The molecule has 20 heavy (non-hydrogen) atoms. The maximum Gasteiger partial charge on any atom is 0.0640 e. The van der Waals surface area contributed by atoms with E-state index in [1.165, 1.54) is 32.4 Å². The maximum absolute atomic E-state index is 6.28. The summed E-state index contributed by atoms with van der Waals surface area (Å²) in [6.07, 6.45) is 4.87. The summed E-state index contributed by atoms with van der Waals surface area (Å²) in [5.41, 5.74) is 7.24. The quantitative estimate of drug-likeness (QED) is 0.886. The van der Waals surface area contributed by atoms with Gasteiger partial charge in [0.15, 0.2) is 0 Å². The highest BCUT2D eigenvalue weighted by molar-refractivity contribution is 6.42. The molecule has 1 heterocycles. The van der Waals surface area contributed by atoms with Crippen LogP contribution >= 0.6 is 23.2 Å². The fraction of sp³-hybridized carbons (Fsp3) is 0.625. The van der Waals surface area contributed by atoms with Gasteiger partial charge in [0.1, 0.15) is 0 Å². The lowest BCUT2D eigenvalue weighted by atomic mass is 10.0. The minimum absolute atomic E-state index is 0.0399. The van der Waals surface area contributed by atoms with Crippen molar-refractivity contribution in [2.45, 2.75) is 38.6 Å². The zero-order valence-electron chi connectivity index (χ0n) is 12.1. The van der Waals surface area contributed by atoms with E-state index in [0.717, 1.165) is 24.4 Å². The second-order valence-corrected chi connectivity index (χ2v) is 6.70. The van der Waals surface area contributed by atoms with E-state index in [4.69, 9.17) is 28.9 Å². The Kier molecular flexibility index (Phi) is 6.16. The van der Waals surface area contributed by atoms with Gasteiger partial charge in [-0.15, -0.1) is 0 Å². The monoisotopic (exact) mass is 314 g/mol. The van der Waals surface area contributed by atoms with Crippen LogP contribution < -0.4 is 5.73 Å². The third kappa shape index (κ3) is 4.36. The van der Waals surface area contributed by atoms with Crippen molar-refractivity contribution in [2.75, 3.05) is 19.6 Å². The molecule has 2 rings (SSSR count). The van der Waals surface area contributed by atoms with Crippen molar-refractivity contribution >= 4 is 23.2 Å². The summed E-state index contributed by atoms with van der Waals surface area (Å²) >= 11 is 12.3. The van der Waals surface area contributed by atoms with Gasteiger partial charge >= 0.3 is 0 Å². The van der Waals surface area contributed by atoms with Gasteiger partial charge in [0.05, 0.1) is 10.0 Å². The van der Waals surface area contributed by atoms with Crippen LogP contribution in [0.1, 0.15) is 44.2 Å². The van der Waals surface area contributed by atoms with Gasteiger partial charge in [0.2, 0.25) is 0 Å². The van der Waals surface area contributed by atoms with Gasteiger partial charge in [-0.25, -0.2) is 0 Å². The van der Waals surface area contributed by atoms with Crippen molar-refractivity contribution in [3.63, 3.8) is 0 Å². The number of halogens is 2. The van der Waals surface area contributed by atoms with Gasteiger partial charge < -0.3 is 10.6 Å². The van der Waals surface area contributed by atoms with Crippen molar-refractivity contribution in [2.24, 2.45) is 11.7 Å². The van der Waals surface area contributed by atoms with Crippen LogP contribution in [0, 0.1) is 5.92 Å². The molecule has 1 aliphatic heterocycles. The average Bonchev–Trinajstić information content (AvgIpc) is 2.64. The molecule has 1 aliphatic rings. The number of benzene rings is 1. The molecular formula is C16H24Cl2N2. The van der Waals surface area contributed by atoms with E-state index in [1.54, 1.807) is 6.07 Å². The molecule has 1 saturated heterocycles. The van der Waals surface area contributed by atoms with Crippen LogP contribution in [0.25, 0.3) is 0 Å². The van der Waals surface area contributed by atoms with Gasteiger partial charge in [-0.1, -0.05) is 42.3 Å². The Morgan fingerprint density at radius 3 is 2.90 bits per heavy atom. The van der Waals surface area contributed by atoms with E-state index in [0.29, 0.717) is 10.0 Å². The first kappa shape index (κ1) is 16.1. The molecule has 2 nitrogen and oxygen atoms in total. The third-order valence-electron chi connectivity index (χ3n) is 4.25. The van der Waals surface area contributed by atoms with Gasteiger partial charge in [0, 0.05) is 6.04 Å². The molecule has 0 saturated carbocycles. The standard InChI is InChI=1S/C16H24Cl2N2/c1-12-4-3-9-20(10-7-12)11-8-15(19)13-5-2-6-14(17)16(13)18/h2,5-6,12,15H,3-4,7-11,19H2,1H3. The number of nitrogens with zero attached hydrogens (tertiary/aromatic N) is 1. The molecule has 1 aromatic rings. The minimum atomic E-state index is -0.0399. The lowest BCUT2D eigenvalue weighted by molar-refractivity contribution is 0.270. The van der Waals surface area contributed by atoms with Crippen LogP contribution in [0.15, 0.2) is 18.2 Å². The van der Waals surface area contributed by atoms with Crippen LogP contribution in [-0.2, 0) is 0 Å². The second kappa shape index (κ2) is 7.65. The van der Waals surface area contributed by atoms with E-state index in [2.05, 4.69) is 11.8 Å². The van der Waals surface area contributed by atoms with Crippen LogP contribution in [0.4, 0.5) is 0 Å². The predicted octanol–water partition coefficient (Wildman–Crippen LogP) is 4.51. The van der Waals surface area contributed by atoms with E-state index in [1.807, 2.05) is 12.1 Å². The van der Waals surface area contributed by atoms with E-state index in [9.17, 15) is 0 Å². The summed E-state index contributed by atoms with van der Waals surface area (Å²) in [6.45, 7) is 5.77. The Morgan fingerprint density at radius 2 is 2.10 bits per heavy atom. The number of rotatable bonds is 4. The van der Waals surface area contributed by atoms with Crippen molar-refractivity contribution in [3.8, 4) is 0 Å². The first-order chi connectivity index (χ1) is 9.58. The van der Waals surface area contributed by atoms with Crippen LogP contribution in [0.2, 0.25) is 10.0 Å². The Bertz CT molecular complexity index is 436. The maximum atomic E-state index is 6.28. The van der Waals surface area contributed by atoms with Gasteiger partial charge in [-0.05, 0) is 62.9 Å². The predicted molar refractivity (Wildman–Crippen MR) is 87.5 cm³/mol. The largest absolute Gasteiger partial charge is 0.324 e. The van der Waals surface area contributed by atoms with Crippen LogP contribution in [0.5, 0.6) is 0 Å². The molecule has 0 aliphatic carbocycles. The molecule has 4 heteroatoms. The molecular weight excluding hydrogens is 291 g/mol. The van der Waals surface area contributed by atoms with Gasteiger partial charge in [-0.2, -0.15) is 0 Å². The number of hydrogen-bond acceptors (Lipinski definition) is 2.